The number of likely N-dealkylation sites (tertiary alicyclic amines) is 1. The summed E-state index contributed by atoms with van der Waals surface area (Å²) in [5, 5.41) is 4.26. The first-order valence-corrected chi connectivity index (χ1v) is 5.62. The number of hydrogen-bond donors (Lipinski definition) is 1. The monoisotopic (exact) mass is 244 g/mol. The molecule has 16 heavy (non-hydrogen) atoms. The van der Waals surface area contributed by atoms with Gasteiger partial charge in [-0.1, -0.05) is 0 Å². The third-order valence-electron chi connectivity index (χ3n) is 3.36. The highest BCUT2D eigenvalue weighted by atomic mass is 35.5. The number of rotatable bonds is 2. The van der Waals surface area contributed by atoms with Crippen LogP contribution < -0.4 is 5.73 Å². The number of piperidine rings is 1. The van der Waals surface area contributed by atoms with Crippen LogP contribution in [0.1, 0.15) is 24.1 Å². The van der Waals surface area contributed by atoms with E-state index in [4.69, 9.17) is 5.73 Å². The standard InChI is InChI=1S/C11H20N4.ClH/c1-9-10(7-13-14(9)2)8-15-5-3-11(12)4-6-15;/h7,11H,3-6,8,12H2,1-2H3;1H. The van der Waals surface area contributed by atoms with Gasteiger partial charge in [0.05, 0.1) is 6.20 Å². The van der Waals surface area contributed by atoms with Crippen LogP contribution in [0.5, 0.6) is 0 Å². The molecule has 2 rings (SSSR count). The maximum absolute atomic E-state index is 5.88. The zero-order valence-corrected chi connectivity index (χ0v) is 10.8. The van der Waals surface area contributed by atoms with Crippen LogP contribution in [0, 0.1) is 6.92 Å². The number of aromatic nitrogens is 2. The Hall–Kier alpha value is -0.580. The van der Waals surface area contributed by atoms with Gasteiger partial charge < -0.3 is 5.73 Å². The molecule has 0 atom stereocenters. The topological polar surface area (TPSA) is 47.1 Å². The molecule has 0 unspecified atom stereocenters. The van der Waals surface area contributed by atoms with Crippen molar-refractivity contribution in [3.05, 3.63) is 17.5 Å². The molecule has 0 bridgehead atoms. The lowest BCUT2D eigenvalue weighted by molar-refractivity contribution is 0.205. The Morgan fingerprint density at radius 3 is 2.56 bits per heavy atom. The molecule has 1 saturated heterocycles. The van der Waals surface area contributed by atoms with E-state index < -0.39 is 0 Å². The summed E-state index contributed by atoms with van der Waals surface area (Å²) in [7, 11) is 1.99. The van der Waals surface area contributed by atoms with Crippen LogP contribution in [-0.4, -0.2) is 33.8 Å². The Bertz CT molecular complexity index is 329. The van der Waals surface area contributed by atoms with Crippen molar-refractivity contribution in [1.82, 2.24) is 14.7 Å². The molecule has 1 aliphatic heterocycles. The molecule has 2 N–H and O–H groups in total. The number of hydrogen-bond acceptors (Lipinski definition) is 3. The van der Waals surface area contributed by atoms with Crippen molar-refractivity contribution in [2.24, 2.45) is 12.8 Å². The fourth-order valence-electron chi connectivity index (χ4n) is 2.05. The van der Waals surface area contributed by atoms with Crippen LogP contribution in [0.4, 0.5) is 0 Å². The highest BCUT2D eigenvalue weighted by Crippen LogP contribution is 2.14. The lowest BCUT2D eigenvalue weighted by Gasteiger charge is -2.29. The smallest absolute Gasteiger partial charge is 0.0537 e. The highest BCUT2D eigenvalue weighted by molar-refractivity contribution is 5.85. The SMILES string of the molecule is Cc1c(CN2CCC(N)CC2)cnn1C.Cl. The molecule has 92 valence electrons. The molecule has 1 aliphatic rings. The largest absolute Gasteiger partial charge is 0.328 e. The van der Waals surface area contributed by atoms with Gasteiger partial charge in [0.15, 0.2) is 0 Å². The van der Waals surface area contributed by atoms with Gasteiger partial charge in [0, 0.05) is 30.9 Å². The van der Waals surface area contributed by atoms with Gasteiger partial charge in [-0.15, -0.1) is 12.4 Å². The lowest BCUT2D eigenvalue weighted by Crippen LogP contribution is -2.39. The fourth-order valence-corrected chi connectivity index (χ4v) is 2.05. The minimum atomic E-state index is 0. The van der Waals surface area contributed by atoms with Crippen LogP contribution in [0.3, 0.4) is 0 Å². The van der Waals surface area contributed by atoms with Crippen LogP contribution in [0.2, 0.25) is 0 Å². The minimum absolute atomic E-state index is 0. The van der Waals surface area contributed by atoms with E-state index in [-0.39, 0.29) is 12.4 Å². The second kappa shape index (κ2) is 5.66. The summed E-state index contributed by atoms with van der Waals surface area (Å²) < 4.78 is 1.94. The van der Waals surface area contributed by atoms with Crippen molar-refractivity contribution < 1.29 is 0 Å². The van der Waals surface area contributed by atoms with E-state index in [0.29, 0.717) is 6.04 Å². The van der Waals surface area contributed by atoms with Crippen LogP contribution >= 0.6 is 12.4 Å². The van der Waals surface area contributed by atoms with Gasteiger partial charge in [-0.3, -0.25) is 9.58 Å². The molecule has 5 heteroatoms. The molecule has 2 heterocycles. The second-order valence-corrected chi connectivity index (χ2v) is 4.49. The first-order valence-electron chi connectivity index (χ1n) is 5.62. The number of nitrogens with zero attached hydrogens (tertiary/aromatic N) is 3. The van der Waals surface area contributed by atoms with E-state index >= 15 is 0 Å². The molecular formula is C11H21ClN4. The molecule has 0 radical (unpaired) electrons. The van der Waals surface area contributed by atoms with Crippen molar-refractivity contribution in [3.63, 3.8) is 0 Å². The molecule has 0 saturated carbocycles. The summed E-state index contributed by atoms with van der Waals surface area (Å²) in [6, 6.07) is 0.413. The normalized spacial score (nSPS) is 18.4. The van der Waals surface area contributed by atoms with Gasteiger partial charge in [-0.2, -0.15) is 5.10 Å². The van der Waals surface area contributed by atoms with Crippen LogP contribution in [0.15, 0.2) is 6.20 Å². The quantitative estimate of drug-likeness (QED) is 0.847. The van der Waals surface area contributed by atoms with Gasteiger partial charge in [0.2, 0.25) is 0 Å². The predicted molar refractivity (Wildman–Crippen MR) is 67.7 cm³/mol. The van der Waals surface area contributed by atoms with Crippen molar-refractivity contribution in [2.75, 3.05) is 13.1 Å². The summed E-state index contributed by atoms with van der Waals surface area (Å²) in [4.78, 5) is 2.47. The third kappa shape index (κ3) is 2.97. The predicted octanol–water partition coefficient (Wildman–Crippen LogP) is 1.07. The summed E-state index contributed by atoms with van der Waals surface area (Å²) >= 11 is 0. The van der Waals surface area contributed by atoms with Gasteiger partial charge in [-0.25, -0.2) is 0 Å². The molecule has 0 aliphatic carbocycles. The van der Waals surface area contributed by atoms with Gasteiger partial charge in [-0.05, 0) is 32.9 Å². The fraction of sp³-hybridized carbons (Fsp3) is 0.727. The lowest BCUT2D eigenvalue weighted by atomic mass is 10.1. The third-order valence-corrected chi connectivity index (χ3v) is 3.36. The van der Waals surface area contributed by atoms with E-state index in [1.807, 2.05) is 17.9 Å². The highest BCUT2D eigenvalue weighted by Gasteiger charge is 2.17. The maximum atomic E-state index is 5.88. The molecule has 1 aromatic rings. The average molecular weight is 245 g/mol. The summed E-state index contributed by atoms with van der Waals surface area (Å²) in [5.41, 5.74) is 8.49. The molecule has 4 nitrogen and oxygen atoms in total. The summed E-state index contributed by atoms with van der Waals surface area (Å²) in [6.45, 7) is 5.38. The molecular weight excluding hydrogens is 224 g/mol. The van der Waals surface area contributed by atoms with Crippen molar-refractivity contribution in [1.29, 1.82) is 0 Å². The zero-order valence-electron chi connectivity index (χ0n) is 10.0. The van der Waals surface area contributed by atoms with Crippen LogP contribution in [-0.2, 0) is 13.6 Å². The summed E-state index contributed by atoms with van der Waals surface area (Å²) in [5.74, 6) is 0. The van der Waals surface area contributed by atoms with Gasteiger partial charge in [0.1, 0.15) is 0 Å². The molecule has 0 amide bonds. The van der Waals surface area contributed by atoms with E-state index in [1.165, 1.54) is 11.3 Å². The first-order chi connectivity index (χ1) is 7.16. The van der Waals surface area contributed by atoms with Crippen molar-refractivity contribution >= 4 is 12.4 Å². The maximum Gasteiger partial charge on any atom is 0.0537 e. The number of nitrogens with two attached hydrogens (primary N) is 1. The molecule has 1 aromatic heterocycles. The average Bonchev–Trinajstić information content (AvgIpc) is 2.53. The van der Waals surface area contributed by atoms with Gasteiger partial charge >= 0.3 is 0 Å². The molecule has 0 spiro atoms. The first kappa shape index (κ1) is 13.5. The Kier molecular flexibility index (Phi) is 4.77. The van der Waals surface area contributed by atoms with E-state index in [9.17, 15) is 0 Å². The number of halogens is 1. The Balaban J connectivity index is 0.00000128. The second-order valence-electron chi connectivity index (χ2n) is 4.49. The molecule has 0 aromatic carbocycles. The Labute approximate surface area is 103 Å². The minimum Gasteiger partial charge on any atom is -0.328 e. The van der Waals surface area contributed by atoms with Crippen LogP contribution in [0.25, 0.3) is 0 Å². The Morgan fingerprint density at radius 1 is 1.44 bits per heavy atom. The van der Waals surface area contributed by atoms with Crippen molar-refractivity contribution in [3.8, 4) is 0 Å². The van der Waals surface area contributed by atoms with E-state index in [1.54, 1.807) is 0 Å². The summed E-state index contributed by atoms with van der Waals surface area (Å²) in [6.07, 6.45) is 4.22. The number of aryl methyl sites for hydroxylation is 1. The van der Waals surface area contributed by atoms with E-state index in [0.717, 1.165) is 32.5 Å². The Morgan fingerprint density at radius 2 is 2.06 bits per heavy atom. The zero-order chi connectivity index (χ0) is 10.8. The van der Waals surface area contributed by atoms with Crippen molar-refractivity contribution in [2.45, 2.75) is 32.4 Å². The van der Waals surface area contributed by atoms with Gasteiger partial charge in [0.25, 0.3) is 0 Å². The van der Waals surface area contributed by atoms with E-state index in [2.05, 4.69) is 16.9 Å². The molecule has 1 fully saturated rings.